The van der Waals surface area contributed by atoms with Crippen molar-refractivity contribution >= 4 is 5.97 Å². The van der Waals surface area contributed by atoms with E-state index in [0.29, 0.717) is 12.6 Å². The molecule has 0 radical (unpaired) electrons. The Morgan fingerprint density at radius 1 is 1.68 bits per heavy atom. The van der Waals surface area contributed by atoms with Gasteiger partial charge in [0.25, 0.3) is 0 Å². The van der Waals surface area contributed by atoms with Gasteiger partial charge in [-0.05, 0) is 46.6 Å². The van der Waals surface area contributed by atoms with Crippen LogP contribution < -0.4 is 5.32 Å². The zero-order valence-electron chi connectivity index (χ0n) is 12.0. The van der Waals surface area contributed by atoms with Crippen molar-refractivity contribution in [2.45, 2.75) is 51.1 Å². The van der Waals surface area contributed by atoms with Gasteiger partial charge in [-0.15, -0.1) is 0 Å². The van der Waals surface area contributed by atoms with Gasteiger partial charge in [0.2, 0.25) is 0 Å². The van der Waals surface area contributed by atoms with Crippen molar-refractivity contribution in [2.24, 2.45) is 0 Å². The number of ether oxygens (including phenoxy) is 1. The van der Waals surface area contributed by atoms with Crippen molar-refractivity contribution in [3.63, 3.8) is 0 Å². The van der Waals surface area contributed by atoms with E-state index < -0.39 is 5.54 Å². The minimum Gasteiger partial charge on any atom is -0.465 e. The first-order valence-electron chi connectivity index (χ1n) is 6.98. The third kappa shape index (κ3) is 2.66. The SMILES string of the molecule is CCOC(=O)C1(NC)CCCC(n2ccnc2C)C1. The molecule has 0 spiro atoms. The predicted molar refractivity (Wildman–Crippen MR) is 72.9 cm³/mol. The summed E-state index contributed by atoms with van der Waals surface area (Å²) in [6.07, 6.45) is 7.51. The van der Waals surface area contributed by atoms with Gasteiger partial charge in [-0.1, -0.05) is 0 Å². The molecule has 1 aromatic rings. The second-order valence-corrected chi connectivity index (χ2v) is 5.18. The minimum atomic E-state index is -0.546. The van der Waals surface area contributed by atoms with Gasteiger partial charge in [-0.2, -0.15) is 0 Å². The number of carbonyl (C=O) groups excluding carboxylic acids is 1. The quantitative estimate of drug-likeness (QED) is 0.844. The van der Waals surface area contributed by atoms with Gasteiger partial charge in [-0.25, -0.2) is 4.98 Å². The van der Waals surface area contributed by atoms with Gasteiger partial charge in [0.1, 0.15) is 11.4 Å². The molecule has 0 aliphatic heterocycles. The van der Waals surface area contributed by atoms with Crippen molar-refractivity contribution in [3.8, 4) is 0 Å². The number of aromatic nitrogens is 2. The van der Waals surface area contributed by atoms with Gasteiger partial charge >= 0.3 is 5.97 Å². The number of aryl methyl sites for hydroxylation is 1. The number of rotatable bonds is 4. The Balaban J connectivity index is 2.19. The molecule has 0 aromatic carbocycles. The second-order valence-electron chi connectivity index (χ2n) is 5.18. The number of hydrogen-bond donors (Lipinski definition) is 1. The van der Waals surface area contributed by atoms with E-state index in [9.17, 15) is 4.79 Å². The normalized spacial score (nSPS) is 27.2. The van der Waals surface area contributed by atoms with Crippen LogP contribution in [-0.2, 0) is 9.53 Å². The van der Waals surface area contributed by atoms with Gasteiger partial charge in [0.05, 0.1) is 6.61 Å². The molecule has 0 saturated heterocycles. The number of nitrogens with zero attached hydrogens (tertiary/aromatic N) is 2. The van der Waals surface area contributed by atoms with Crippen LogP contribution in [0.3, 0.4) is 0 Å². The molecule has 1 aliphatic carbocycles. The fourth-order valence-electron chi connectivity index (χ4n) is 3.04. The Labute approximate surface area is 114 Å². The van der Waals surface area contributed by atoms with E-state index >= 15 is 0 Å². The largest absolute Gasteiger partial charge is 0.465 e. The maximum atomic E-state index is 12.2. The van der Waals surface area contributed by atoms with E-state index in [-0.39, 0.29) is 5.97 Å². The Hall–Kier alpha value is -1.36. The first kappa shape index (κ1) is 14.1. The van der Waals surface area contributed by atoms with Crippen LogP contribution in [0.1, 0.15) is 44.5 Å². The number of nitrogens with one attached hydrogen (secondary N) is 1. The van der Waals surface area contributed by atoms with Gasteiger partial charge < -0.3 is 14.6 Å². The number of esters is 1. The fraction of sp³-hybridized carbons (Fsp3) is 0.714. The number of likely N-dealkylation sites (N-methyl/N-ethyl adjacent to an activating group) is 1. The van der Waals surface area contributed by atoms with Crippen LogP contribution in [0.15, 0.2) is 12.4 Å². The summed E-state index contributed by atoms with van der Waals surface area (Å²) in [7, 11) is 1.85. The van der Waals surface area contributed by atoms with Crippen LogP contribution in [0.2, 0.25) is 0 Å². The van der Waals surface area contributed by atoms with E-state index in [1.807, 2.05) is 33.3 Å². The smallest absolute Gasteiger partial charge is 0.326 e. The lowest BCUT2D eigenvalue weighted by atomic mass is 9.79. The van der Waals surface area contributed by atoms with Crippen molar-refractivity contribution in [1.82, 2.24) is 14.9 Å². The monoisotopic (exact) mass is 265 g/mol. The molecule has 1 fully saturated rings. The number of imidazole rings is 1. The average Bonchev–Trinajstić information content (AvgIpc) is 2.85. The lowest BCUT2D eigenvalue weighted by Gasteiger charge is -2.39. The predicted octanol–water partition coefficient (Wildman–Crippen LogP) is 1.83. The zero-order chi connectivity index (χ0) is 13.9. The van der Waals surface area contributed by atoms with Crippen LogP contribution in [-0.4, -0.2) is 34.7 Å². The highest BCUT2D eigenvalue weighted by atomic mass is 16.5. The molecule has 2 atom stereocenters. The summed E-state index contributed by atoms with van der Waals surface area (Å²) >= 11 is 0. The van der Waals surface area contributed by atoms with Crippen LogP contribution in [0, 0.1) is 6.92 Å². The highest BCUT2D eigenvalue weighted by Crippen LogP contribution is 2.36. The molecule has 1 aliphatic rings. The minimum absolute atomic E-state index is 0.125. The number of hydrogen-bond acceptors (Lipinski definition) is 4. The molecule has 0 amide bonds. The molecule has 1 aromatic heterocycles. The number of carbonyl (C=O) groups is 1. The molecular weight excluding hydrogens is 242 g/mol. The van der Waals surface area contributed by atoms with Crippen molar-refractivity contribution in [2.75, 3.05) is 13.7 Å². The third-order valence-corrected chi connectivity index (χ3v) is 4.13. The molecule has 5 nitrogen and oxygen atoms in total. The van der Waals surface area contributed by atoms with Crippen LogP contribution in [0.4, 0.5) is 0 Å². The van der Waals surface area contributed by atoms with Crippen molar-refractivity contribution in [3.05, 3.63) is 18.2 Å². The zero-order valence-corrected chi connectivity index (χ0v) is 12.0. The summed E-state index contributed by atoms with van der Waals surface area (Å²) in [6, 6.07) is 0.313. The second kappa shape index (κ2) is 5.74. The summed E-state index contributed by atoms with van der Waals surface area (Å²) in [5, 5.41) is 3.21. The van der Waals surface area contributed by atoms with Crippen molar-refractivity contribution in [1.29, 1.82) is 0 Å². The molecule has 2 unspecified atom stereocenters. The maximum absolute atomic E-state index is 12.2. The summed E-state index contributed by atoms with van der Waals surface area (Å²) in [5.41, 5.74) is -0.546. The van der Waals surface area contributed by atoms with Gasteiger partial charge in [-0.3, -0.25) is 4.79 Å². The third-order valence-electron chi connectivity index (χ3n) is 4.13. The first-order chi connectivity index (χ1) is 9.13. The fourth-order valence-corrected chi connectivity index (χ4v) is 3.04. The van der Waals surface area contributed by atoms with Crippen LogP contribution >= 0.6 is 0 Å². The van der Waals surface area contributed by atoms with Gasteiger partial charge in [0.15, 0.2) is 0 Å². The molecular formula is C14H23N3O2. The molecule has 1 saturated carbocycles. The van der Waals surface area contributed by atoms with E-state index in [4.69, 9.17) is 4.74 Å². The van der Waals surface area contributed by atoms with Crippen LogP contribution in [0.25, 0.3) is 0 Å². The molecule has 19 heavy (non-hydrogen) atoms. The summed E-state index contributed by atoms with van der Waals surface area (Å²) < 4.78 is 7.42. The Kier molecular flexibility index (Phi) is 4.24. The summed E-state index contributed by atoms with van der Waals surface area (Å²) in [6.45, 7) is 4.28. The Morgan fingerprint density at radius 2 is 2.47 bits per heavy atom. The molecule has 0 bridgehead atoms. The highest BCUT2D eigenvalue weighted by molar-refractivity contribution is 5.81. The first-order valence-corrected chi connectivity index (χ1v) is 6.98. The average molecular weight is 265 g/mol. The topological polar surface area (TPSA) is 56.1 Å². The lowest BCUT2D eigenvalue weighted by molar-refractivity contribution is -0.153. The van der Waals surface area contributed by atoms with E-state index in [2.05, 4.69) is 14.9 Å². The molecule has 5 heteroatoms. The van der Waals surface area contributed by atoms with E-state index in [0.717, 1.165) is 31.5 Å². The molecule has 1 heterocycles. The Morgan fingerprint density at radius 3 is 3.05 bits per heavy atom. The summed E-state index contributed by atoms with van der Waals surface area (Å²) in [5.74, 6) is 0.876. The highest BCUT2D eigenvalue weighted by Gasteiger charge is 2.43. The summed E-state index contributed by atoms with van der Waals surface area (Å²) in [4.78, 5) is 16.5. The standard InChI is InChI=1S/C14H23N3O2/c1-4-19-13(18)14(15-3)7-5-6-12(10-14)17-9-8-16-11(17)2/h8-9,12,15H,4-7,10H2,1-3H3. The van der Waals surface area contributed by atoms with Crippen LogP contribution in [0.5, 0.6) is 0 Å². The van der Waals surface area contributed by atoms with E-state index in [1.54, 1.807) is 0 Å². The van der Waals surface area contributed by atoms with E-state index in [1.165, 1.54) is 0 Å². The molecule has 2 rings (SSSR count). The van der Waals surface area contributed by atoms with Crippen molar-refractivity contribution < 1.29 is 9.53 Å². The Bertz CT molecular complexity index is 444. The molecule has 106 valence electrons. The maximum Gasteiger partial charge on any atom is 0.326 e. The molecule has 1 N–H and O–H groups in total. The van der Waals surface area contributed by atoms with Gasteiger partial charge in [0, 0.05) is 18.4 Å². The lowest BCUT2D eigenvalue weighted by Crippen LogP contribution is -2.54.